The Morgan fingerprint density at radius 2 is 2.43 bits per heavy atom. The first-order valence-electron chi connectivity index (χ1n) is 4.34. The van der Waals surface area contributed by atoms with Crippen molar-refractivity contribution in [3.05, 3.63) is 21.9 Å². The molecule has 2 heterocycles. The molecule has 0 saturated heterocycles. The van der Waals surface area contributed by atoms with E-state index in [1.165, 1.54) is 4.88 Å². The molecule has 1 aromatic heterocycles. The van der Waals surface area contributed by atoms with E-state index in [4.69, 9.17) is 10.5 Å². The molecule has 1 aromatic rings. The molecule has 1 unspecified atom stereocenters. The van der Waals surface area contributed by atoms with Crippen molar-refractivity contribution in [1.82, 2.24) is 0 Å². The van der Waals surface area contributed by atoms with Crippen LogP contribution in [-0.2, 0) is 16.0 Å². The minimum absolute atomic E-state index is 0.0357. The predicted octanol–water partition coefficient (Wildman–Crippen LogP) is 1.22. The van der Waals surface area contributed by atoms with Gasteiger partial charge >= 0.3 is 0 Å². The fourth-order valence-corrected chi connectivity index (χ4v) is 2.25. The number of hydrogen-bond donors (Lipinski definition) is 1. The predicted molar refractivity (Wildman–Crippen MR) is 54.2 cm³/mol. The molecular weight excluding hydrogens is 200 g/mol. The van der Waals surface area contributed by atoms with Gasteiger partial charge in [-0.2, -0.15) is 4.99 Å². The zero-order valence-electron chi connectivity index (χ0n) is 7.69. The first-order valence-corrected chi connectivity index (χ1v) is 5.15. The van der Waals surface area contributed by atoms with Gasteiger partial charge in [-0.1, -0.05) is 6.92 Å². The summed E-state index contributed by atoms with van der Waals surface area (Å²) < 4.78 is 5.11. The number of hydrogen-bond acceptors (Lipinski definition) is 4. The molecule has 0 saturated carbocycles. The van der Waals surface area contributed by atoms with E-state index >= 15 is 0 Å². The summed E-state index contributed by atoms with van der Waals surface area (Å²) >= 11 is 1.56. The fourth-order valence-electron chi connectivity index (χ4n) is 1.27. The molecule has 1 aliphatic rings. The van der Waals surface area contributed by atoms with E-state index in [1.807, 2.05) is 12.1 Å². The van der Waals surface area contributed by atoms with Crippen molar-refractivity contribution in [2.45, 2.75) is 19.4 Å². The maximum Gasteiger partial charge on any atom is 0.296 e. The van der Waals surface area contributed by atoms with Gasteiger partial charge in [0.2, 0.25) is 6.10 Å². The zero-order chi connectivity index (χ0) is 10.1. The van der Waals surface area contributed by atoms with Gasteiger partial charge in [0.05, 0.1) is 4.88 Å². The second-order valence-electron chi connectivity index (χ2n) is 2.94. The highest BCUT2D eigenvalue weighted by Gasteiger charge is 2.30. The van der Waals surface area contributed by atoms with E-state index in [-0.39, 0.29) is 11.9 Å². The third kappa shape index (κ3) is 1.50. The van der Waals surface area contributed by atoms with Gasteiger partial charge < -0.3 is 10.5 Å². The van der Waals surface area contributed by atoms with E-state index < -0.39 is 6.10 Å². The number of ether oxygens (including phenoxy) is 1. The topological polar surface area (TPSA) is 64.7 Å². The molecule has 5 heteroatoms. The molecule has 74 valence electrons. The summed E-state index contributed by atoms with van der Waals surface area (Å²) in [4.78, 5) is 16.9. The molecule has 0 aromatic carbocycles. The standard InChI is InChI=1S/C9H10N2O2S/c1-2-5-3-4-6(14-5)7-8(12)11-9(10)13-7/h3-4,7H,2H2,1H3,(H2,10,11,12). The van der Waals surface area contributed by atoms with Crippen molar-refractivity contribution >= 4 is 23.3 Å². The van der Waals surface area contributed by atoms with E-state index in [0.717, 1.165) is 11.3 Å². The highest BCUT2D eigenvalue weighted by atomic mass is 32.1. The Morgan fingerprint density at radius 3 is 2.93 bits per heavy atom. The van der Waals surface area contributed by atoms with Crippen molar-refractivity contribution < 1.29 is 9.53 Å². The van der Waals surface area contributed by atoms with Gasteiger partial charge in [-0.3, -0.25) is 4.79 Å². The lowest BCUT2D eigenvalue weighted by Gasteiger charge is -2.04. The number of thiophene rings is 1. The maximum atomic E-state index is 11.3. The van der Waals surface area contributed by atoms with Crippen LogP contribution in [0, 0.1) is 0 Å². The van der Waals surface area contributed by atoms with Crippen LogP contribution in [0.4, 0.5) is 0 Å². The number of amidine groups is 1. The first-order chi connectivity index (χ1) is 6.70. The lowest BCUT2D eigenvalue weighted by Crippen LogP contribution is -2.13. The Hall–Kier alpha value is -1.36. The lowest BCUT2D eigenvalue weighted by molar-refractivity contribution is -0.122. The largest absolute Gasteiger partial charge is 0.446 e. The normalized spacial score (nSPS) is 20.8. The SMILES string of the molecule is CCc1ccc(C2OC(N)=NC2=O)s1. The molecule has 4 nitrogen and oxygen atoms in total. The molecule has 0 aliphatic carbocycles. The van der Waals surface area contributed by atoms with Crippen LogP contribution >= 0.6 is 11.3 Å². The number of nitrogens with zero attached hydrogens (tertiary/aromatic N) is 1. The summed E-state index contributed by atoms with van der Waals surface area (Å²) in [5.41, 5.74) is 5.30. The third-order valence-electron chi connectivity index (χ3n) is 1.97. The van der Waals surface area contributed by atoms with Crippen LogP contribution in [0.1, 0.15) is 22.8 Å². The van der Waals surface area contributed by atoms with E-state index in [1.54, 1.807) is 11.3 Å². The first kappa shape index (κ1) is 9.21. The summed E-state index contributed by atoms with van der Waals surface area (Å²) in [5, 5.41) is 0. The third-order valence-corrected chi connectivity index (χ3v) is 3.25. The molecule has 14 heavy (non-hydrogen) atoms. The van der Waals surface area contributed by atoms with Crippen LogP contribution < -0.4 is 5.73 Å². The number of nitrogens with two attached hydrogens (primary N) is 1. The molecular formula is C9H10N2O2S. The van der Waals surface area contributed by atoms with Crippen LogP contribution in [0.25, 0.3) is 0 Å². The van der Waals surface area contributed by atoms with Crippen molar-refractivity contribution in [2.75, 3.05) is 0 Å². The minimum Gasteiger partial charge on any atom is -0.446 e. The van der Waals surface area contributed by atoms with Gasteiger partial charge in [0, 0.05) is 4.88 Å². The van der Waals surface area contributed by atoms with Gasteiger partial charge in [0.1, 0.15) is 0 Å². The number of rotatable bonds is 2. The number of amides is 1. The Labute approximate surface area is 85.4 Å². The molecule has 2 N–H and O–H groups in total. The molecule has 1 amide bonds. The van der Waals surface area contributed by atoms with Gasteiger partial charge in [-0.05, 0) is 18.6 Å². The monoisotopic (exact) mass is 210 g/mol. The van der Waals surface area contributed by atoms with Crippen molar-refractivity contribution in [2.24, 2.45) is 10.7 Å². The molecule has 1 atom stereocenters. The van der Waals surface area contributed by atoms with Crippen LogP contribution in [0.5, 0.6) is 0 Å². The summed E-state index contributed by atoms with van der Waals surface area (Å²) in [6.07, 6.45) is 0.349. The Morgan fingerprint density at radius 1 is 1.64 bits per heavy atom. The van der Waals surface area contributed by atoms with Crippen molar-refractivity contribution in [1.29, 1.82) is 0 Å². The summed E-state index contributed by atoms with van der Waals surface area (Å²) in [6.45, 7) is 2.07. The van der Waals surface area contributed by atoms with Gasteiger partial charge in [0.25, 0.3) is 11.9 Å². The summed E-state index contributed by atoms with van der Waals surface area (Å²) in [5.74, 6) is -0.313. The maximum absolute atomic E-state index is 11.3. The Kier molecular flexibility index (Phi) is 2.25. The molecule has 0 spiro atoms. The fraction of sp³-hybridized carbons (Fsp3) is 0.333. The Bertz CT molecular complexity index is 397. The smallest absolute Gasteiger partial charge is 0.296 e. The highest BCUT2D eigenvalue weighted by Crippen LogP contribution is 2.29. The zero-order valence-corrected chi connectivity index (χ0v) is 8.50. The highest BCUT2D eigenvalue weighted by molar-refractivity contribution is 7.12. The summed E-state index contributed by atoms with van der Waals surface area (Å²) in [7, 11) is 0. The molecule has 1 aliphatic heterocycles. The molecule has 2 rings (SSSR count). The van der Waals surface area contributed by atoms with E-state index in [2.05, 4.69) is 11.9 Å². The van der Waals surface area contributed by atoms with E-state index in [0.29, 0.717) is 0 Å². The lowest BCUT2D eigenvalue weighted by atomic mass is 10.3. The second kappa shape index (κ2) is 3.42. The number of aryl methyl sites for hydroxylation is 1. The van der Waals surface area contributed by atoms with Crippen molar-refractivity contribution in [3.63, 3.8) is 0 Å². The van der Waals surface area contributed by atoms with Crippen LogP contribution in [-0.4, -0.2) is 11.9 Å². The van der Waals surface area contributed by atoms with Crippen LogP contribution in [0.2, 0.25) is 0 Å². The van der Waals surface area contributed by atoms with Gasteiger partial charge in [-0.15, -0.1) is 11.3 Å². The average molecular weight is 210 g/mol. The summed E-state index contributed by atoms with van der Waals surface area (Å²) in [6, 6.07) is 3.84. The average Bonchev–Trinajstić information content (AvgIpc) is 2.71. The molecule has 0 fully saturated rings. The number of carbonyl (C=O) groups excluding carboxylic acids is 1. The number of carbonyl (C=O) groups is 1. The van der Waals surface area contributed by atoms with Crippen molar-refractivity contribution in [3.8, 4) is 0 Å². The quantitative estimate of drug-likeness (QED) is 0.798. The molecule has 0 bridgehead atoms. The van der Waals surface area contributed by atoms with Gasteiger partial charge in [0.15, 0.2) is 0 Å². The van der Waals surface area contributed by atoms with Crippen LogP contribution in [0.3, 0.4) is 0 Å². The number of aliphatic imine (C=N–C) groups is 1. The second-order valence-corrected chi connectivity index (χ2v) is 4.14. The minimum atomic E-state index is -0.611. The van der Waals surface area contributed by atoms with Gasteiger partial charge in [-0.25, -0.2) is 0 Å². The van der Waals surface area contributed by atoms with Crippen LogP contribution in [0.15, 0.2) is 17.1 Å². The van der Waals surface area contributed by atoms with E-state index in [9.17, 15) is 4.79 Å². The Balaban J connectivity index is 2.21. The molecule has 0 radical (unpaired) electrons.